The summed E-state index contributed by atoms with van der Waals surface area (Å²) in [6.07, 6.45) is 2.11. The van der Waals surface area contributed by atoms with Crippen LogP contribution in [0.4, 0.5) is 11.4 Å². The summed E-state index contributed by atoms with van der Waals surface area (Å²) < 4.78 is 5.04. The van der Waals surface area contributed by atoms with Crippen molar-refractivity contribution in [2.24, 2.45) is 0 Å². The largest absolute Gasteiger partial charge is 0.490 e. The molecule has 2 N–H and O–H groups in total. The third-order valence-corrected chi connectivity index (χ3v) is 3.09. The molecular formula is C12H18ClN3O3. The predicted octanol–water partition coefficient (Wildman–Crippen LogP) is 2.19. The van der Waals surface area contributed by atoms with Crippen molar-refractivity contribution < 1.29 is 9.66 Å². The Kier molecular flexibility index (Phi) is 5.85. The minimum atomic E-state index is -0.437. The van der Waals surface area contributed by atoms with Gasteiger partial charge in [0.1, 0.15) is 0 Å². The average molecular weight is 288 g/mol. The van der Waals surface area contributed by atoms with E-state index in [0.29, 0.717) is 11.8 Å². The Morgan fingerprint density at radius 1 is 1.42 bits per heavy atom. The Morgan fingerprint density at radius 2 is 2.11 bits per heavy atom. The SMILES string of the molecule is COc1cc(NC2CCNCC2)ccc1[N+](=O)[O-].Cl. The van der Waals surface area contributed by atoms with Crippen LogP contribution >= 0.6 is 12.4 Å². The van der Waals surface area contributed by atoms with Gasteiger partial charge >= 0.3 is 5.69 Å². The molecule has 1 aromatic rings. The molecule has 0 bridgehead atoms. The fraction of sp³-hybridized carbons (Fsp3) is 0.500. The van der Waals surface area contributed by atoms with Crippen molar-refractivity contribution in [3.05, 3.63) is 28.3 Å². The quantitative estimate of drug-likeness (QED) is 0.656. The van der Waals surface area contributed by atoms with Gasteiger partial charge in [0.05, 0.1) is 12.0 Å². The fourth-order valence-electron chi connectivity index (χ4n) is 2.12. The number of rotatable bonds is 4. The molecule has 19 heavy (non-hydrogen) atoms. The van der Waals surface area contributed by atoms with Gasteiger partial charge in [0.15, 0.2) is 5.75 Å². The van der Waals surface area contributed by atoms with Crippen molar-refractivity contribution in [3.63, 3.8) is 0 Å². The molecule has 0 aliphatic carbocycles. The first-order valence-electron chi connectivity index (χ1n) is 6.00. The molecule has 1 heterocycles. The second-order valence-electron chi connectivity index (χ2n) is 4.31. The lowest BCUT2D eigenvalue weighted by molar-refractivity contribution is -0.385. The first kappa shape index (κ1) is 15.5. The maximum absolute atomic E-state index is 10.8. The van der Waals surface area contributed by atoms with Crippen LogP contribution in [0.15, 0.2) is 18.2 Å². The highest BCUT2D eigenvalue weighted by atomic mass is 35.5. The highest BCUT2D eigenvalue weighted by Gasteiger charge is 2.17. The van der Waals surface area contributed by atoms with E-state index in [2.05, 4.69) is 10.6 Å². The van der Waals surface area contributed by atoms with Crippen LogP contribution in [0.25, 0.3) is 0 Å². The molecule has 6 nitrogen and oxygen atoms in total. The summed E-state index contributed by atoms with van der Waals surface area (Å²) in [5.74, 6) is 0.291. The first-order chi connectivity index (χ1) is 8.70. The fourth-order valence-corrected chi connectivity index (χ4v) is 2.12. The Bertz CT molecular complexity index is 436. The molecule has 1 saturated heterocycles. The summed E-state index contributed by atoms with van der Waals surface area (Å²) in [5, 5.41) is 17.5. The molecule has 0 radical (unpaired) electrons. The summed E-state index contributed by atoms with van der Waals surface area (Å²) in [5.41, 5.74) is 0.859. The zero-order valence-corrected chi connectivity index (χ0v) is 11.5. The number of hydrogen-bond donors (Lipinski definition) is 2. The van der Waals surface area contributed by atoms with E-state index < -0.39 is 4.92 Å². The lowest BCUT2D eigenvalue weighted by Crippen LogP contribution is -2.35. The summed E-state index contributed by atoms with van der Waals surface area (Å²) in [6.45, 7) is 2.00. The van der Waals surface area contributed by atoms with E-state index in [1.807, 2.05) is 0 Å². The molecule has 106 valence electrons. The van der Waals surface area contributed by atoms with E-state index in [1.54, 1.807) is 12.1 Å². The molecule has 0 atom stereocenters. The number of methoxy groups -OCH3 is 1. The van der Waals surface area contributed by atoms with Crippen LogP contribution in [0.3, 0.4) is 0 Å². The first-order valence-corrected chi connectivity index (χ1v) is 6.00. The summed E-state index contributed by atoms with van der Waals surface area (Å²) in [7, 11) is 1.44. The topological polar surface area (TPSA) is 76.4 Å². The number of anilines is 1. The van der Waals surface area contributed by atoms with E-state index in [0.717, 1.165) is 31.6 Å². The number of benzene rings is 1. The van der Waals surface area contributed by atoms with Crippen molar-refractivity contribution in [1.82, 2.24) is 5.32 Å². The smallest absolute Gasteiger partial charge is 0.311 e. The maximum atomic E-state index is 10.8. The summed E-state index contributed by atoms with van der Waals surface area (Å²) in [4.78, 5) is 10.3. The molecule has 1 aromatic carbocycles. The van der Waals surface area contributed by atoms with Crippen molar-refractivity contribution in [2.75, 3.05) is 25.5 Å². The zero-order chi connectivity index (χ0) is 13.0. The number of nitrogens with one attached hydrogen (secondary N) is 2. The van der Waals surface area contributed by atoms with Gasteiger partial charge in [-0.25, -0.2) is 0 Å². The average Bonchev–Trinajstić information content (AvgIpc) is 2.39. The predicted molar refractivity (Wildman–Crippen MR) is 76.4 cm³/mol. The van der Waals surface area contributed by atoms with E-state index in [1.165, 1.54) is 13.2 Å². The van der Waals surface area contributed by atoms with Gasteiger partial charge in [-0.15, -0.1) is 12.4 Å². The molecule has 1 fully saturated rings. The molecule has 0 aromatic heterocycles. The minimum Gasteiger partial charge on any atom is -0.490 e. The van der Waals surface area contributed by atoms with Gasteiger partial charge in [-0.2, -0.15) is 0 Å². The van der Waals surface area contributed by atoms with Gasteiger partial charge in [-0.05, 0) is 32.0 Å². The molecule has 0 saturated carbocycles. The monoisotopic (exact) mass is 287 g/mol. The van der Waals surface area contributed by atoms with E-state index >= 15 is 0 Å². The molecule has 1 aliphatic heterocycles. The van der Waals surface area contributed by atoms with Gasteiger partial charge in [0.2, 0.25) is 0 Å². The number of nitro groups is 1. The maximum Gasteiger partial charge on any atom is 0.311 e. The molecule has 0 amide bonds. The Labute approximate surface area is 118 Å². The second kappa shape index (κ2) is 7.16. The molecule has 0 spiro atoms. The van der Waals surface area contributed by atoms with Crippen molar-refractivity contribution in [2.45, 2.75) is 18.9 Å². The Balaban J connectivity index is 0.00000180. The Morgan fingerprint density at radius 3 is 2.68 bits per heavy atom. The van der Waals surface area contributed by atoms with Crippen molar-refractivity contribution >= 4 is 23.8 Å². The van der Waals surface area contributed by atoms with Gasteiger partial charge in [0.25, 0.3) is 0 Å². The van der Waals surface area contributed by atoms with Crippen LogP contribution < -0.4 is 15.4 Å². The number of ether oxygens (including phenoxy) is 1. The molecular weight excluding hydrogens is 270 g/mol. The minimum absolute atomic E-state index is 0. The van der Waals surface area contributed by atoms with Gasteiger partial charge in [-0.3, -0.25) is 10.1 Å². The van der Waals surface area contributed by atoms with Crippen molar-refractivity contribution in [1.29, 1.82) is 0 Å². The lowest BCUT2D eigenvalue weighted by Gasteiger charge is -2.24. The van der Waals surface area contributed by atoms with Crippen LogP contribution in [0, 0.1) is 10.1 Å². The molecule has 1 aliphatic rings. The number of piperidine rings is 1. The van der Waals surface area contributed by atoms with Gasteiger partial charge in [-0.1, -0.05) is 0 Å². The van der Waals surface area contributed by atoms with Gasteiger partial charge < -0.3 is 15.4 Å². The van der Waals surface area contributed by atoms with Crippen LogP contribution in [-0.4, -0.2) is 31.2 Å². The van der Waals surface area contributed by atoms with E-state index in [-0.39, 0.29) is 18.1 Å². The summed E-state index contributed by atoms with van der Waals surface area (Å²) in [6, 6.07) is 5.29. The van der Waals surface area contributed by atoms with Crippen LogP contribution in [0.5, 0.6) is 5.75 Å². The molecule has 0 unspecified atom stereocenters. The normalized spacial score (nSPS) is 15.4. The highest BCUT2D eigenvalue weighted by molar-refractivity contribution is 5.85. The zero-order valence-electron chi connectivity index (χ0n) is 10.7. The van der Waals surface area contributed by atoms with Crippen molar-refractivity contribution in [3.8, 4) is 5.75 Å². The third-order valence-electron chi connectivity index (χ3n) is 3.09. The Hall–Kier alpha value is -1.53. The van der Waals surface area contributed by atoms with E-state index in [4.69, 9.17) is 4.74 Å². The second-order valence-corrected chi connectivity index (χ2v) is 4.31. The standard InChI is InChI=1S/C12H17N3O3.ClH/c1-18-12-8-10(2-3-11(12)15(16)17)14-9-4-6-13-7-5-9;/h2-3,8-9,13-14H,4-7H2,1H3;1H. The lowest BCUT2D eigenvalue weighted by atomic mass is 10.1. The number of halogens is 1. The number of nitro benzene ring substituents is 1. The number of nitrogens with zero attached hydrogens (tertiary/aromatic N) is 1. The van der Waals surface area contributed by atoms with Crippen LogP contribution in [0.1, 0.15) is 12.8 Å². The van der Waals surface area contributed by atoms with Crippen LogP contribution in [0.2, 0.25) is 0 Å². The summed E-state index contributed by atoms with van der Waals surface area (Å²) >= 11 is 0. The number of hydrogen-bond acceptors (Lipinski definition) is 5. The third kappa shape index (κ3) is 3.97. The van der Waals surface area contributed by atoms with Crippen LogP contribution in [-0.2, 0) is 0 Å². The van der Waals surface area contributed by atoms with Gasteiger partial charge in [0, 0.05) is 23.9 Å². The van der Waals surface area contributed by atoms with E-state index in [9.17, 15) is 10.1 Å². The molecule has 7 heteroatoms. The molecule has 2 rings (SSSR count). The highest BCUT2D eigenvalue weighted by Crippen LogP contribution is 2.30.